The standard InChI is InChI=1S/C15H15F2N3O/c16-10-8-11(9-4-2-1-3-5-9)20-14(10)18-13(19-20)12(21)15(17)6-7-15/h1-5,10-11,14H,6-8H2,(H,18,19)/t10-,11-,14?/m0/s1. The number of benzene rings is 1. The summed E-state index contributed by atoms with van der Waals surface area (Å²) >= 11 is 0. The Hall–Kier alpha value is -1.82. The predicted molar refractivity (Wildman–Crippen MR) is 73.0 cm³/mol. The Kier molecular flexibility index (Phi) is 2.66. The van der Waals surface area contributed by atoms with E-state index in [1.165, 1.54) is 0 Å². The number of rotatable bonds is 3. The fraction of sp³-hybridized carbons (Fsp3) is 0.467. The van der Waals surface area contributed by atoms with E-state index in [0.29, 0.717) is 6.42 Å². The highest BCUT2D eigenvalue weighted by Gasteiger charge is 2.55. The second-order valence-corrected chi connectivity index (χ2v) is 5.88. The second-order valence-electron chi connectivity index (χ2n) is 5.88. The summed E-state index contributed by atoms with van der Waals surface area (Å²) in [6.45, 7) is 0. The Morgan fingerprint density at radius 3 is 2.71 bits per heavy atom. The van der Waals surface area contributed by atoms with Crippen LogP contribution in [-0.4, -0.2) is 34.6 Å². The quantitative estimate of drug-likeness (QED) is 0.927. The van der Waals surface area contributed by atoms with E-state index >= 15 is 0 Å². The number of Topliss-reactive ketones (excluding diaryl/α,β-unsaturated/α-hetero) is 1. The van der Waals surface area contributed by atoms with Crippen molar-refractivity contribution in [3.05, 3.63) is 35.9 Å². The Morgan fingerprint density at radius 1 is 1.33 bits per heavy atom. The Balaban J connectivity index is 1.59. The summed E-state index contributed by atoms with van der Waals surface area (Å²) in [6.07, 6.45) is -1.12. The van der Waals surface area contributed by atoms with Crippen molar-refractivity contribution < 1.29 is 13.6 Å². The van der Waals surface area contributed by atoms with Gasteiger partial charge in [-0.1, -0.05) is 30.3 Å². The van der Waals surface area contributed by atoms with Crippen LogP contribution in [0.15, 0.2) is 35.3 Å². The van der Waals surface area contributed by atoms with Crippen LogP contribution in [0.4, 0.5) is 8.78 Å². The molecule has 2 aliphatic heterocycles. The number of halogens is 2. The number of carbonyl (C=O) groups is 1. The van der Waals surface area contributed by atoms with Gasteiger partial charge in [-0.05, 0) is 18.4 Å². The number of aliphatic imine (C=N–C) groups is 1. The van der Waals surface area contributed by atoms with E-state index in [1.807, 2.05) is 30.3 Å². The molecule has 0 radical (unpaired) electrons. The number of alkyl halides is 2. The number of nitrogens with zero attached hydrogens (tertiary/aromatic N) is 2. The number of nitrogens with one attached hydrogen (secondary N) is 1. The van der Waals surface area contributed by atoms with Gasteiger partial charge in [-0.15, -0.1) is 0 Å². The SMILES string of the molecule is O=C(C1=NC2[C@@H](F)C[C@@H](c3ccccc3)N2N1)C1(F)CC1. The number of fused-ring (bicyclic) bond motifs is 1. The van der Waals surface area contributed by atoms with Crippen molar-refractivity contribution in [1.82, 2.24) is 10.4 Å². The number of carbonyl (C=O) groups excluding carboxylic acids is 1. The van der Waals surface area contributed by atoms with E-state index in [9.17, 15) is 13.6 Å². The molecule has 3 atom stereocenters. The van der Waals surface area contributed by atoms with E-state index in [0.717, 1.165) is 5.56 Å². The molecular weight excluding hydrogens is 276 g/mol. The molecule has 21 heavy (non-hydrogen) atoms. The van der Waals surface area contributed by atoms with E-state index in [1.54, 1.807) is 5.01 Å². The van der Waals surface area contributed by atoms with Gasteiger partial charge in [-0.3, -0.25) is 10.2 Å². The average Bonchev–Trinajstić information content (AvgIpc) is 2.98. The van der Waals surface area contributed by atoms with Crippen LogP contribution in [0.2, 0.25) is 0 Å². The van der Waals surface area contributed by atoms with Crippen molar-refractivity contribution in [2.75, 3.05) is 0 Å². The van der Waals surface area contributed by atoms with Crippen molar-refractivity contribution in [3.63, 3.8) is 0 Å². The van der Waals surface area contributed by atoms with Crippen LogP contribution in [0.3, 0.4) is 0 Å². The van der Waals surface area contributed by atoms with Gasteiger partial charge in [-0.2, -0.15) is 5.01 Å². The molecule has 0 aromatic heterocycles. The van der Waals surface area contributed by atoms with Gasteiger partial charge in [0.1, 0.15) is 6.17 Å². The van der Waals surface area contributed by atoms with Crippen LogP contribution in [-0.2, 0) is 4.79 Å². The Labute approximate surface area is 120 Å². The molecule has 3 aliphatic rings. The second kappa shape index (κ2) is 4.34. The van der Waals surface area contributed by atoms with Gasteiger partial charge < -0.3 is 0 Å². The highest BCUT2D eigenvalue weighted by atomic mass is 19.1. The molecule has 1 saturated heterocycles. The van der Waals surface area contributed by atoms with Gasteiger partial charge in [0.2, 0.25) is 5.78 Å². The normalized spacial score (nSPS) is 33.2. The number of hydrazine groups is 1. The molecule has 1 N–H and O–H groups in total. The lowest BCUT2D eigenvalue weighted by Crippen LogP contribution is -2.44. The molecule has 1 saturated carbocycles. The van der Waals surface area contributed by atoms with Crippen LogP contribution in [0.25, 0.3) is 0 Å². The lowest BCUT2D eigenvalue weighted by molar-refractivity contribution is -0.119. The van der Waals surface area contributed by atoms with Gasteiger partial charge in [0.05, 0.1) is 6.04 Å². The third-order valence-corrected chi connectivity index (χ3v) is 4.38. The van der Waals surface area contributed by atoms with E-state index in [4.69, 9.17) is 0 Å². The molecule has 4 rings (SSSR count). The van der Waals surface area contributed by atoms with Crippen LogP contribution < -0.4 is 5.43 Å². The third-order valence-electron chi connectivity index (χ3n) is 4.38. The molecule has 0 bridgehead atoms. The van der Waals surface area contributed by atoms with E-state index < -0.39 is 23.8 Å². The molecule has 0 amide bonds. The summed E-state index contributed by atoms with van der Waals surface area (Å²) < 4.78 is 28.0. The largest absolute Gasteiger partial charge is 0.298 e. The summed E-state index contributed by atoms with van der Waals surface area (Å²) in [5, 5.41) is 1.64. The maximum absolute atomic E-state index is 14.2. The van der Waals surface area contributed by atoms with Gasteiger partial charge in [0.15, 0.2) is 17.7 Å². The average molecular weight is 291 g/mol. The third kappa shape index (κ3) is 1.97. The van der Waals surface area contributed by atoms with Crippen LogP contribution in [0.5, 0.6) is 0 Å². The highest BCUT2D eigenvalue weighted by molar-refractivity contribution is 6.42. The minimum absolute atomic E-state index is 0.0386. The molecule has 1 unspecified atom stereocenters. The number of hydrogen-bond donors (Lipinski definition) is 1. The lowest BCUT2D eigenvalue weighted by Gasteiger charge is -2.23. The minimum atomic E-state index is -1.78. The van der Waals surface area contributed by atoms with Crippen molar-refractivity contribution in [1.29, 1.82) is 0 Å². The van der Waals surface area contributed by atoms with Crippen LogP contribution in [0, 0.1) is 0 Å². The van der Waals surface area contributed by atoms with Gasteiger partial charge in [0, 0.05) is 6.42 Å². The summed E-state index contributed by atoms with van der Waals surface area (Å²) in [6, 6.07) is 9.30. The summed E-state index contributed by atoms with van der Waals surface area (Å²) in [4.78, 5) is 16.1. The number of hydrogen-bond acceptors (Lipinski definition) is 4. The van der Waals surface area contributed by atoms with Crippen molar-refractivity contribution in [3.8, 4) is 0 Å². The molecule has 1 aromatic rings. The first-order valence-corrected chi connectivity index (χ1v) is 7.14. The van der Waals surface area contributed by atoms with Crippen LogP contribution in [0.1, 0.15) is 30.9 Å². The van der Waals surface area contributed by atoms with Crippen molar-refractivity contribution in [2.45, 2.75) is 43.3 Å². The molecular formula is C15H15F2N3O. The molecule has 110 valence electrons. The predicted octanol–water partition coefficient (Wildman–Crippen LogP) is 2.09. The van der Waals surface area contributed by atoms with Gasteiger partial charge >= 0.3 is 0 Å². The summed E-state index contributed by atoms with van der Waals surface area (Å²) in [5.74, 6) is -0.681. The molecule has 6 heteroatoms. The minimum Gasteiger partial charge on any atom is -0.298 e. The number of amidine groups is 1. The Bertz CT molecular complexity index is 615. The molecule has 1 aromatic carbocycles. The highest BCUT2D eigenvalue weighted by Crippen LogP contribution is 2.43. The molecule has 4 nitrogen and oxygen atoms in total. The van der Waals surface area contributed by atoms with E-state index in [-0.39, 0.29) is 24.7 Å². The fourth-order valence-corrected chi connectivity index (χ4v) is 3.01. The zero-order chi connectivity index (χ0) is 14.6. The van der Waals surface area contributed by atoms with Crippen molar-refractivity contribution in [2.24, 2.45) is 4.99 Å². The van der Waals surface area contributed by atoms with Crippen molar-refractivity contribution >= 4 is 11.6 Å². The lowest BCUT2D eigenvalue weighted by atomic mass is 10.0. The first kappa shape index (κ1) is 12.9. The first-order valence-electron chi connectivity index (χ1n) is 7.14. The zero-order valence-corrected chi connectivity index (χ0v) is 11.3. The first-order chi connectivity index (χ1) is 10.1. The topological polar surface area (TPSA) is 44.7 Å². The summed E-state index contributed by atoms with van der Waals surface area (Å²) in [7, 11) is 0. The smallest absolute Gasteiger partial charge is 0.235 e. The van der Waals surface area contributed by atoms with Crippen LogP contribution >= 0.6 is 0 Å². The molecule has 0 spiro atoms. The van der Waals surface area contributed by atoms with E-state index in [2.05, 4.69) is 10.4 Å². The summed E-state index contributed by atoms with van der Waals surface area (Å²) in [5.41, 5.74) is 2.01. The monoisotopic (exact) mass is 291 g/mol. The molecule has 2 fully saturated rings. The zero-order valence-electron chi connectivity index (χ0n) is 11.3. The fourth-order valence-electron chi connectivity index (χ4n) is 3.01. The van der Waals surface area contributed by atoms with Gasteiger partial charge in [0.25, 0.3) is 0 Å². The number of ketones is 1. The molecule has 1 aliphatic carbocycles. The Morgan fingerprint density at radius 2 is 2.05 bits per heavy atom. The maximum Gasteiger partial charge on any atom is 0.235 e. The molecule has 2 heterocycles. The van der Waals surface area contributed by atoms with Gasteiger partial charge in [-0.25, -0.2) is 13.8 Å². The maximum atomic E-state index is 14.2.